The lowest BCUT2D eigenvalue weighted by Crippen LogP contribution is -2.59. The van der Waals surface area contributed by atoms with E-state index in [4.69, 9.17) is 5.73 Å². The summed E-state index contributed by atoms with van der Waals surface area (Å²) in [5, 5.41) is 0. The number of esters is 1. The summed E-state index contributed by atoms with van der Waals surface area (Å²) in [5.41, 5.74) is 5.38. The number of ether oxygens (including phenoxy) is 1. The van der Waals surface area contributed by atoms with E-state index in [1.807, 2.05) is 18.7 Å². The number of nitrogens with two attached hydrogens (primary N) is 1. The number of rotatable bonds is 5. The summed E-state index contributed by atoms with van der Waals surface area (Å²) >= 11 is 0. The van der Waals surface area contributed by atoms with Gasteiger partial charge in [0.05, 0.1) is 19.2 Å². The third kappa shape index (κ3) is 3.91. The Kier molecular flexibility index (Phi) is 5.75. The topological polar surface area (TPSA) is 75.9 Å². The first kappa shape index (κ1) is 15.9. The van der Waals surface area contributed by atoms with Crippen LogP contribution in [0.4, 0.5) is 0 Å². The van der Waals surface area contributed by atoms with E-state index >= 15 is 0 Å². The minimum Gasteiger partial charge on any atom is -0.468 e. The fourth-order valence-corrected chi connectivity index (χ4v) is 2.22. The van der Waals surface area contributed by atoms with Crippen LogP contribution in [0.5, 0.6) is 0 Å². The van der Waals surface area contributed by atoms with Crippen molar-refractivity contribution in [1.29, 1.82) is 0 Å². The van der Waals surface area contributed by atoms with E-state index in [9.17, 15) is 9.59 Å². The summed E-state index contributed by atoms with van der Waals surface area (Å²) in [4.78, 5) is 27.3. The first-order valence-corrected chi connectivity index (χ1v) is 6.84. The van der Waals surface area contributed by atoms with Gasteiger partial charge in [0.15, 0.2) is 0 Å². The lowest BCUT2D eigenvalue weighted by atomic mass is 9.92. The second-order valence-corrected chi connectivity index (χ2v) is 5.01. The van der Waals surface area contributed by atoms with E-state index < -0.39 is 5.54 Å². The van der Waals surface area contributed by atoms with Crippen LogP contribution in [0.1, 0.15) is 26.7 Å². The molecule has 0 aromatic rings. The van der Waals surface area contributed by atoms with Gasteiger partial charge in [0.1, 0.15) is 0 Å². The van der Waals surface area contributed by atoms with E-state index in [-0.39, 0.29) is 18.4 Å². The van der Waals surface area contributed by atoms with Crippen molar-refractivity contribution >= 4 is 11.9 Å². The maximum absolute atomic E-state index is 12.4. The van der Waals surface area contributed by atoms with Crippen molar-refractivity contribution in [2.45, 2.75) is 32.2 Å². The minimum absolute atomic E-state index is 0.0234. The van der Waals surface area contributed by atoms with Crippen molar-refractivity contribution in [1.82, 2.24) is 9.80 Å². The Morgan fingerprint density at radius 3 is 2.11 bits per heavy atom. The average molecular weight is 271 g/mol. The van der Waals surface area contributed by atoms with E-state index in [0.29, 0.717) is 39.0 Å². The van der Waals surface area contributed by atoms with Gasteiger partial charge in [-0.25, -0.2) is 0 Å². The maximum Gasteiger partial charge on any atom is 0.319 e. The fourth-order valence-electron chi connectivity index (χ4n) is 2.22. The number of carbonyl (C=O) groups is 2. The van der Waals surface area contributed by atoms with E-state index in [0.717, 1.165) is 0 Å². The van der Waals surface area contributed by atoms with Crippen LogP contribution < -0.4 is 5.73 Å². The Bertz CT molecular complexity index is 321. The molecule has 2 N–H and O–H groups in total. The molecule has 0 unspecified atom stereocenters. The van der Waals surface area contributed by atoms with Gasteiger partial charge in [-0.05, 0) is 12.8 Å². The van der Waals surface area contributed by atoms with Crippen molar-refractivity contribution in [3.05, 3.63) is 0 Å². The second-order valence-electron chi connectivity index (χ2n) is 5.01. The summed E-state index contributed by atoms with van der Waals surface area (Å²) in [5.74, 6) is -0.217. The highest BCUT2D eigenvalue weighted by Gasteiger charge is 2.35. The van der Waals surface area contributed by atoms with Crippen molar-refractivity contribution in [3.8, 4) is 0 Å². The smallest absolute Gasteiger partial charge is 0.319 e. The zero-order valence-electron chi connectivity index (χ0n) is 12.1. The van der Waals surface area contributed by atoms with Gasteiger partial charge in [0.2, 0.25) is 5.91 Å². The number of carbonyl (C=O) groups excluding carboxylic acids is 2. The molecule has 19 heavy (non-hydrogen) atoms. The first-order valence-electron chi connectivity index (χ1n) is 6.84. The van der Waals surface area contributed by atoms with Crippen LogP contribution in [0.3, 0.4) is 0 Å². The number of hydrogen-bond acceptors (Lipinski definition) is 5. The molecule has 0 aromatic carbocycles. The number of amides is 1. The largest absolute Gasteiger partial charge is 0.468 e. The van der Waals surface area contributed by atoms with Gasteiger partial charge in [-0.3, -0.25) is 14.5 Å². The van der Waals surface area contributed by atoms with Gasteiger partial charge in [-0.15, -0.1) is 0 Å². The highest BCUT2D eigenvalue weighted by Crippen LogP contribution is 2.16. The summed E-state index contributed by atoms with van der Waals surface area (Å²) < 4.78 is 4.64. The zero-order chi connectivity index (χ0) is 14.5. The number of piperazine rings is 1. The summed E-state index contributed by atoms with van der Waals surface area (Å²) in [6.07, 6.45) is 1.29. The Hall–Kier alpha value is -1.14. The van der Waals surface area contributed by atoms with Gasteiger partial charge in [0.25, 0.3) is 0 Å². The molecule has 1 fully saturated rings. The van der Waals surface area contributed by atoms with E-state index in [1.165, 1.54) is 7.11 Å². The van der Waals surface area contributed by atoms with Crippen LogP contribution in [0.2, 0.25) is 0 Å². The molecule has 0 saturated carbocycles. The van der Waals surface area contributed by atoms with Crippen LogP contribution in [0.15, 0.2) is 0 Å². The fraction of sp³-hybridized carbons (Fsp3) is 0.846. The van der Waals surface area contributed by atoms with Gasteiger partial charge in [-0.1, -0.05) is 13.8 Å². The van der Waals surface area contributed by atoms with E-state index in [2.05, 4.69) is 4.74 Å². The molecule has 0 spiro atoms. The van der Waals surface area contributed by atoms with Crippen LogP contribution >= 0.6 is 0 Å². The molecule has 1 aliphatic heterocycles. The molecule has 0 radical (unpaired) electrons. The molecule has 1 rings (SSSR count). The SMILES string of the molecule is CCC(N)(CC)C(=O)N1CCN(CC(=O)OC)CC1. The van der Waals surface area contributed by atoms with Gasteiger partial charge >= 0.3 is 5.97 Å². The summed E-state index contributed by atoms with van der Waals surface area (Å²) in [6, 6.07) is 0. The highest BCUT2D eigenvalue weighted by atomic mass is 16.5. The normalized spacial score (nSPS) is 17.4. The Labute approximate surface area is 114 Å². The van der Waals surface area contributed by atoms with Crippen LogP contribution in [-0.2, 0) is 14.3 Å². The Morgan fingerprint density at radius 1 is 1.16 bits per heavy atom. The maximum atomic E-state index is 12.4. The summed E-state index contributed by atoms with van der Waals surface area (Å²) in [6.45, 7) is 6.77. The van der Waals surface area contributed by atoms with Gasteiger partial charge < -0.3 is 15.4 Å². The molecule has 0 bridgehead atoms. The molecule has 0 aliphatic carbocycles. The first-order chi connectivity index (χ1) is 8.96. The van der Waals surface area contributed by atoms with Gasteiger partial charge in [0, 0.05) is 26.2 Å². The molecule has 1 amide bonds. The van der Waals surface area contributed by atoms with Crippen LogP contribution in [0.25, 0.3) is 0 Å². The highest BCUT2D eigenvalue weighted by molar-refractivity contribution is 5.86. The number of methoxy groups -OCH3 is 1. The molecule has 0 aromatic heterocycles. The third-order valence-electron chi connectivity index (χ3n) is 3.93. The average Bonchev–Trinajstić information content (AvgIpc) is 2.46. The quantitative estimate of drug-likeness (QED) is 0.702. The number of hydrogen-bond donors (Lipinski definition) is 1. The molecule has 6 heteroatoms. The molecule has 0 atom stereocenters. The molecular weight excluding hydrogens is 246 g/mol. The zero-order valence-corrected chi connectivity index (χ0v) is 12.1. The standard InChI is InChI=1S/C13H25N3O3/c1-4-13(14,5-2)12(18)16-8-6-15(7-9-16)10-11(17)19-3/h4-10,14H2,1-3H3. The lowest BCUT2D eigenvalue weighted by Gasteiger charge is -2.38. The lowest BCUT2D eigenvalue weighted by molar-refractivity contribution is -0.143. The molecule has 1 heterocycles. The Morgan fingerprint density at radius 2 is 1.68 bits per heavy atom. The monoisotopic (exact) mass is 271 g/mol. The Balaban J connectivity index is 2.49. The molecule has 6 nitrogen and oxygen atoms in total. The predicted molar refractivity (Wildman–Crippen MR) is 72.5 cm³/mol. The summed E-state index contributed by atoms with van der Waals surface area (Å²) in [7, 11) is 1.38. The predicted octanol–water partition coefficient (Wildman–Crippen LogP) is -0.179. The van der Waals surface area contributed by atoms with Gasteiger partial charge in [-0.2, -0.15) is 0 Å². The van der Waals surface area contributed by atoms with Crippen LogP contribution in [-0.4, -0.2) is 67.0 Å². The molecule has 110 valence electrons. The molecule has 1 aliphatic rings. The van der Waals surface area contributed by atoms with Crippen molar-refractivity contribution < 1.29 is 14.3 Å². The molecular formula is C13H25N3O3. The number of nitrogens with zero attached hydrogens (tertiary/aromatic N) is 2. The second kappa shape index (κ2) is 6.86. The van der Waals surface area contributed by atoms with Crippen molar-refractivity contribution in [2.24, 2.45) is 5.73 Å². The van der Waals surface area contributed by atoms with Crippen LogP contribution in [0, 0.1) is 0 Å². The van der Waals surface area contributed by atoms with Crippen molar-refractivity contribution in [3.63, 3.8) is 0 Å². The third-order valence-corrected chi connectivity index (χ3v) is 3.93. The minimum atomic E-state index is -0.746. The van der Waals surface area contributed by atoms with E-state index in [1.54, 1.807) is 4.90 Å². The van der Waals surface area contributed by atoms with Crippen molar-refractivity contribution in [2.75, 3.05) is 39.8 Å². The molecule has 1 saturated heterocycles.